The summed E-state index contributed by atoms with van der Waals surface area (Å²) in [5, 5.41) is 28.0. The molecule has 0 spiro atoms. The minimum absolute atomic E-state index is 0.0440. The number of carboxylic acids is 3. The van der Waals surface area contributed by atoms with Gasteiger partial charge in [0.1, 0.15) is 0 Å². The molecule has 0 amide bonds. The quantitative estimate of drug-likeness (QED) is 0.696. The molecule has 0 aromatic carbocycles. The average molecular weight is 268 g/mol. The molecule has 4 bridgehead atoms. The van der Waals surface area contributed by atoms with E-state index in [1.165, 1.54) is 0 Å². The maximum Gasteiger partial charge on any atom is 0.307 e. The molecule has 0 aromatic rings. The number of hydrogen-bond donors (Lipinski definition) is 3. The molecule has 6 heteroatoms. The van der Waals surface area contributed by atoms with Crippen LogP contribution in [-0.4, -0.2) is 33.2 Å². The van der Waals surface area contributed by atoms with Crippen LogP contribution in [0.15, 0.2) is 0 Å². The summed E-state index contributed by atoms with van der Waals surface area (Å²) >= 11 is 0. The highest BCUT2D eigenvalue weighted by Gasteiger charge is 2.63. The van der Waals surface area contributed by atoms with E-state index in [4.69, 9.17) is 0 Å². The Morgan fingerprint density at radius 3 is 1.32 bits per heavy atom. The van der Waals surface area contributed by atoms with Crippen molar-refractivity contribution < 1.29 is 29.7 Å². The van der Waals surface area contributed by atoms with Gasteiger partial charge in [0.15, 0.2) is 0 Å². The second-order valence-electron chi connectivity index (χ2n) is 6.15. The highest BCUT2D eigenvalue weighted by atomic mass is 16.4. The van der Waals surface area contributed by atoms with E-state index in [-0.39, 0.29) is 11.8 Å². The third-order valence-electron chi connectivity index (χ3n) is 5.47. The van der Waals surface area contributed by atoms with E-state index in [0.717, 1.165) is 0 Å². The number of hydrogen-bond acceptors (Lipinski definition) is 3. The van der Waals surface area contributed by atoms with E-state index >= 15 is 0 Å². The Balaban J connectivity index is 2.00. The van der Waals surface area contributed by atoms with Crippen LogP contribution in [-0.2, 0) is 14.4 Å². The number of carboxylic acid groups (broad SMARTS) is 3. The summed E-state index contributed by atoms with van der Waals surface area (Å²) in [5.41, 5.74) is 0. The molecule has 4 rings (SSSR count). The van der Waals surface area contributed by atoms with Crippen molar-refractivity contribution in [3.05, 3.63) is 0 Å². The molecular weight excluding hydrogens is 252 g/mol. The zero-order valence-corrected chi connectivity index (χ0v) is 10.2. The molecule has 6 unspecified atom stereocenters. The first kappa shape index (κ1) is 12.4. The van der Waals surface area contributed by atoms with Crippen molar-refractivity contribution in [2.24, 2.45) is 41.4 Å². The fourth-order valence-electron chi connectivity index (χ4n) is 5.05. The second-order valence-corrected chi connectivity index (χ2v) is 6.15. The first-order valence-corrected chi connectivity index (χ1v) is 6.60. The van der Waals surface area contributed by atoms with Crippen LogP contribution in [0.2, 0.25) is 0 Å². The molecule has 0 saturated heterocycles. The third kappa shape index (κ3) is 1.58. The van der Waals surface area contributed by atoms with E-state index < -0.39 is 47.5 Å². The SMILES string of the molecule is O=C(O)C1C2CC3CC1C(C(=O)O)C(C2)C3C(=O)O. The topological polar surface area (TPSA) is 112 Å². The molecule has 4 saturated carbocycles. The molecule has 4 aliphatic carbocycles. The third-order valence-corrected chi connectivity index (χ3v) is 5.47. The first-order valence-electron chi connectivity index (χ1n) is 6.60. The molecule has 0 aromatic heterocycles. The summed E-state index contributed by atoms with van der Waals surface area (Å²) < 4.78 is 0. The van der Waals surface area contributed by atoms with Crippen molar-refractivity contribution in [1.82, 2.24) is 0 Å². The Bertz CT molecular complexity index is 424. The van der Waals surface area contributed by atoms with E-state index in [0.29, 0.717) is 19.3 Å². The van der Waals surface area contributed by atoms with Crippen LogP contribution in [0, 0.1) is 41.4 Å². The lowest BCUT2D eigenvalue weighted by atomic mass is 9.44. The van der Waals surface area contributed by atoms with Gasteiger partial charge in [0.25, 0.3) is 0 Å². The number of rotatable bonds is 3. The van der Waals surface area contributed by atoms with Gasteiger partial charge in [-0.2, -0.15) is 0 Å². The van der Waals surface area contributed by atoms with Crippen molar-refractivity contribution in [3.8, 4) is 0 Å². The van der Waals surface area contributed by atoms with Gasteiger partial charge in [-0.3, -0.25) is 14.4 Å². The molecule has 4 fully saturated rings. The average Bonchev–Trinajstić information content (AvgIpc) is 2.25. The molecule has 4 aliphatic rings. The van der Waals surface area contributed by atoms with Crippen LogP contribution in [0.1, 0.15) is 19.3 Å². The maximum atomic E-state index is 11.4. The normalized spacial score (nSPS) is 47.1. The van der Waals surface area contributed by atoms with E-state index in [1.54, 1.807) is 0 Å². The lowest BCUT2D eigenvalue weighted by Gasteiger charge is -2.58. The Morgan fingerprint density at radius 1 is 0.632 bits per heavy atom. The minimum Gasteiger partial charge on any atom is -0.481 e. The van der Waals surface area contributed by atoms with Crippen LogP contribution in [0.25, 0.3) is 0 Å². The molecule has 3 N–H and O–H groups in total. The first-order chi connectivity index (χ1) is 8.91. The van der Waals surface area contributed by atoms with Crippen LogP contribution in [0.4, 0.5) is 0 Å². The minimum atomic E-state index is -1.04. The highest BCUT2D eigenvalue weighted by molar-refractivity contribution is 5.79. The zero-order chi connectivity index (χ0) is 13.9. The monoisotopic (exact) mass is 268 g/mol. The van der Waals surface area contributed by atoms with Crippen LogP contribution in [0.3, 0.4) is 0 Å². The molecule has 0 radical (unpaired) electrons. The van der Waals surface area contributed by atoms with Gasteiger partial charge in [0.05, 0.1) is 17.8 Å². The largest absolute Gasteiger partial charge is 0.481 e. The fourth-order valence-corrected chi connectivity index (χ4v) is 5.05. The fraction of sp³-hybridized carbons (Fsp3) is 0.769. The van der Waals surface area contributed by atoms with E-state index in [1.807, 2.05) is 0 Å². The standard InChI is InChI=1S/C13H16O6/c14-11(15)8-4-1-5-3-7(8)10(13(18)19)6(2-4)9(5)12(16)17/h4-10H,1-3H2,(H,14,15)(H,16,17)(H,18,19). The van der Waals surface area contributed by atoms with E-state index in [9.17, 15) is 29.7 Å². The molecular formula is C13H16O6. The second kappa shape index (κ2) is 3.95. The van der Waals surface area contributed by atoms with Gasteiger partial charge in [0.2, 0.25) is 0 Å². The van der Waals surface area contributed by atoms with Gasteiger partial charge in [-0.05, 0) is 42.9 Å². The van der Waals surface area contributed by atoms with Crippen molar-refractivity contribution >= 4 is 17.9 Å². The lowest BCUT2D eigenvalue weighted by molar-refractivity contribution is -0.188. The zero-order valence-electron chi connectivity index (χ0n) is 10.2. The van der Waals surface area contributed by atoms with Crippen molar-refractivity contribution in [3.63, 3.8) is 0 Å². The predicted molar refractivity (Wildman–Crippen MR) is 61.2 cm³/mol. The summed E-state index contributed by atoms with van der Waals surface area (Å²) in [7, 11) is 0. The summed E-state index contributed by atoms with van der Waals surface area (Å²) in [6, 6.07) is 0. The van der Waals surface area contributed by atoms with Gasteiger partial charge in [-0.1, -0.05) is 0 Å². The summed E-state index contributed by atoms with van der Waals surface area (Å²) in [6.45, 7) is 0. The van der Waals surface area contributed by atoms with Gasteiger partial charge in [0, 0.05) is 0 Å². The Kier molecular flexibility index (Phi) is 2.59. The van der Waals surface area contributed by atoms with Crippen molar-refractivity contribution in [1.29, 1.82) is 0 Å². The van der Waals surface area contributed by atoms with Gasteiger partial charge in [-0.25, -0.2) is 0 Å². The van der Waals surface area contributed by atoms with Crippen LogP contribution in [0.5, 0.6) is 0 Å². The van der Waals surface area contributed by atoms with Gasteiger partial charge < -0.3 is 15.3 Å². The Morgan fingerprint density at radius 2 is 1.00 bits per heavy atom. The molecule has 19 heavy (non-hydrogen) atoms. The Labute approximate surface area is 109 Å². The molecule has 6 nitrogen and oxygen atoms in total. The number of carbonyl (C=O) groups is 3. The number of aliphatic carboxylic acids is 3. The predicted octanol–water partition coefficient (Wildman–Crippen LogP) is 0.765. The van der Waals surface area contributed by atoms with E-state index in [2.05, 4.69) is 0 Å². The van der Waals surface area contributed by atoms with Crippen molar-refractivity contribution in [2.75, 3.05) is 0 Å². The summed E-state index contributed by atoms with van der Waals surface area (Å²) in [4.78, 5) is 34.2. The van der Waals surface area contributed by atoms with Gasteiger partial charge in [-0.15, -0.1) is 0 Å². The van der Waals surface area contributed by atoms with Crippen molar-refractivity contribution in [2.45, 2.75) is 19.3 Å². The summed E-state index contributed by atoms with van der Waals surface area (Å²) in [6.07, 6.45) is 1.48. The molecule has 0 aliphatic heterocycles. The highest BCUT2D eigenvalue weighted by Crippen LogP contribution is 2.61. The molecule has 104 valence electrons. The Hall–Kier alpha value is -1.59. The molecule has 6 atom stereocenters. The smallest absolute Gasteiger partial charge is 0.307 e. The lowest BCUT2D eigenvalue weighted by Crippen LogP contribution is -2.60. The van der Waals surface area contributed by atoms with Gasteiger partial charge >= 0.3 is 17.9 Å². The molecule has 0 heterocycles. The van der Waals surface area contributed by atoms with Crippen LogP contribution < -0.4 is 0 Å². The summed E-state index contributed by atoms with van der Waals surface area (Å²) in [5.74, 6) is -5.79. The van der Waals surface area contributed by atoms with Crippen LogP contribution >= 0.6 is 0 Å². The maximum absolute atomic E-state index is 11.4.